The smallest absolute Gasteiger partial charge is 0.122 e. The van der Waals surface area contributed by atoms with E-state index in [9.17, 15) is 5.11 Å². The van der Waals surface area contributed by atoms with E-state index in [1.54, 1.807) is 0 Å². The van der Waals surface area contributed by atoms with Gasteiger partial charge < -0.3 is 5.11 Å². The number of rotatable bonds is 4. The third-order valence-corrected chi connectivity index (χ3v) is 4.63. The third-order valence-electron chi connectivity index (χ3n) is 4.63. The summed E-state index contributed by atoms with van der Waals surface area (Å²) in [5.74, 6) is 0.503. The lowest BCUT2D eigenvalue weighted by Crippen LogP contribution is -2.18. The molecule has 0 radical (unpaired) electrons. The summed E-state index contributed by atoms with van der Waals surface area (Å²) in [5, 5.41) is 11.0. The Morgan fingerprint density at radius 2 is 1.25 bits per heavy atom. The average molecular weight is 325 g/mol. The molecule has 130 valence electrons. The maximum atomic E-state index is 11.0. The SMILES string of the molecule is CC(C)(C)c1ccc(C(C)(C)C)c(CCCc2ccccc2)c1O. The predicted octanol–water partition coefficient (Wildman–Crippen LogP) is 6.16. The van der Waals surface area contributed by atoms with Gasteiger partial charge in [-0.15, -0.1) is 0 Å². The van der Waals surface area contributed by atoms with Gasteiger partial charge in [-0.2, -0.15) is 0 Å². The lowest BCUT2D eigenvalue weighted by atomic mass is 9.77. The molecule has 0 saturated carbocycles. The highest BCUT2D eigenvalue weighted by molar-refractivity contribution is 5.50. The Morgan fingerprint density at radius 1 is 0.708 bits per heavy atom. The van der Waals surface area contributed by atoms with Gasteiger partial charge in [-0.25, -0.2) is 0 Å². The van der Waals surface area contributed by atoms with Crippen molar-refractivity contribution in [3.8, 4) is 5.75 Å². The van der Waals surface area contributed by atoms with Crippen molar-refractivity contribution < 1.29 is 5.11 Å². The van der Waals surface area contributed by atoms with Crippen molar-refractivity contribution in [1.82, 2.24) is 0 Å². The van der Waals surface area contributed by atoms with Gasteiger partial charge in [0.15, 0.2) is 0 Å². The summed E-state index contributed by atoms with van der Waals surface area (Å²) in [6.45, 7) is 13.1. The molecule has 0 amide bonds. The van der Waals surface area contributed by atoms with E-state index < -0.39 is 0 Å². The molecule has 0 saturated heterocycles. The number of hydrogen-bond acceptors (Lipinski definition) is 1. The number of phenolic OH excluding ortho intramolecular Hbond substituents is 1. The molecular weight excluding hydrogens is 292 g/mol. The molecule has 1 nitrogen and oxygen atoms in total. The van der Waals surface area contributed by atoms with Crippen LogP contribution < -0.4 is 0 Å². The maximum Gasteiger partial charge on any atom is 0.122 e. The summed E-state index contributed by atoms with van der Waals surface area (Å²) in [7, 11) is 0. The summed E-state index contributed by atoms with van der Waals surface area (Å²) in [6.07, 6.45) is 3.01. The Hall–Kier alpha value is -1.76. The van der Waals surface area contributed by atoms with Crippen LogP contribution in [0.15, 0.2) is 42.5 Å². The molecule has 0 aliphatic carbocycles. The number of phenols is 1. The molecule has 0 fully saturated rings. The second kappa shape index (κ2) is 7.01. The predicted molar refractivity (Wildman–Crippen MR) is 104 cm³/mol. The van der Waals surface area contributed by atoms with Crippen molar-refractivity contribution in [2.45, 2.75) is 71.6 Å². The fourth-order valence-corrected chi connectivity index (χ4v) is 3.31. The minimum absolute atomic E-state index is 0.0377. The van der Waals surface area contributed by atoms with Gasteiger partial charge in [0.05, 0.1) is 0 Å². The molecule has 1 N–H and O–H groups in total. The highest BCUT2D eigenvalue weighted by atomic mass is 16.3. The molecule has 0 spiro atoms. The van der Waals surface area contributed by atoms with Crippen LogP contribution in [0.5, 0.6) is 5.75 Å². The van der Waals surface area contributed by atoms with Crippen molar-refractivity contribution in [3.05, 3.63) is 64.7 Å². The molecule has 0 aliphatic rings. The lowest BCUT2D eigenvalue weighted by Gasteiger charge is -2.28. The monoisotopic (exact) mass is 324 g/mol. The summed E-state index contributed by atoms with van der Waals surface area (Å²) < 4.78 is 0. The van der Waals surface area contributed by atoms with E-state index in [0.29, 0.717) is 5.75 Å². The second-order valence-corrected chi connectivity index (χ2v) is 8.83. The molecule has 0 bridgehead atoms. The van der Waals surface area contributed by atoms with Gasteiger partial charge in [0.1, 0.15) is 5.75 Å². The van der Waals surface area contributed by atoms with E-state index in [1.165, 1.54) is 11.1 Å². The van der Waals surface area contributed by atoms with Crippen molar-refractivity contribution in [2.24, 2.45) is 0 Å². The summed E-state index contributed by atoms with van der Waals surface area (Å²) in [4.78, 5) is 0. The van der Waals surface area contributed by atoms with Crippen molar-refractivity contribution in [2.75, 3.05) is 0 Å². The largest absolute Gasteiger partial charge is 0.507 e. The van der Waals surface area contributed by atoms with Gasteiger partial charge >= 0.3 is 0 Å². The van der Waals surface area contributed by atoms with Crippen molar-refractivity contribution in [1.29, 1.82) is 0 Å². The standard InChI is InChI=1S/C23H32O/c1-22(2,3)19-15-16-20(23(4,5)6)21(24)18(19)14-10-13-17-11-8-7-9-12-17/h7-9,11-12,15-16,24H,10,13-14H2,1-6H3. The van der Waals surface area contributed by atoms with E-state index in [1.807, 2.05) is 0 Å². The van der Waals surface area contributed by atoms with Gasteiger partial charge in [0.25, 0.3) is 0 Å². The third kappa shape index (κ3) is 4.41. The molecule has 2 aromatic carbocycles. The Morgan fingerprint density at radius 3 is 1.79 bits per heavy atom. The molecule has 0 atom stereocenters. The molecule has 2 aromatic rings. The minimum Gasteiger partial charge on any atom is -0.507 e. The van der Waals surface area contributed by atoms with Gasteiger partial charge in [-0.05, 0) is 52.3 Å². The Bertz CT molecular complexity index is 670. The number of aromatic hydroxyl groups is 1. The van der Waals surface area contributed by atoms with Crippen LogP contribution >= 0.6 is 0 Å². The topological polar surface area (TPSA) is 20.2 Å². The normalized spacial score (nSPS) is 12.4. The van der Waals surface area contributed by atoms with Crippen LogP contribution in [0, 0.1) is 0 Å². The summed E-state index contributed by atoms with van der Waals surface area (Å²) in [6, 6.07) is 14.9. The van der Waals surface area contributed by atoms with Crippen LogP contribution in [-0.2, 0) is 23.7 Å². The van der Waals surface area contributed by atoms with Crippen molar-refractivity contribution in [3.63, 3.8) is 0 Å². The first kappa shape index (κ1) is 18.6. The molecule has 0 heterocycles. The van der Waals surface area contributed by atoms with E-state index in [-0.39, 0.29) is 10.8 Å². The Kier molecular flexibility index (Phi) is 5.42. The molecular formula is C23H32O. The maximum absolute atomic E-state index is 11.0. The zero-order valence-corrected chi connectivity index (χ0v) is 16.1. The highest BCUT2D eigenvalue weighted by Crippen LogP contribution is 2.39. The molecule has 0 aromatic heterocycles. The number of hydrogen-bond donors (Lipinski definition) is 1. The summed E-state index contributed by atoms with van der Waals surface area (Å²) in [5.41, 5.74) is 4.79. The first-order valence-corrected chi connectivity index (χ1v) is 9.00. The molecule has 1 heteroatoms. The summed E-state index contributed by atoms with van der Waals surface area (Å²) >= 11 is 0. The zero-order valence-electron chi connectivity index (χ0n) is 16.1. The van der Waals surface area contributed by atoms with Crippen LogP contribution in [0.1, 0.15) is 70.2 Å². The van der Waals surface area contributed by atoms with Gasteiger partial charge in [0, 0.05) is 0 Å². The van der Waals surface area contributed by atoms with Crippen molar-refractivity contribution >= 4 is 0 Å². The van der Waals surface area contributed by atoms with Crippen LogP contribution in [0.4, 0.5) is 0 Å². The molecule has 0 unspecified atom stereocenters. The van der Waals surface area contributed by atoms with Gasteiger partial charge in [-0.1, -0.05) is 84.0 Å². The van der Waals surface area contributed by atoms with Gasteiger partial charge in [0.2, 0.25) is 0 Å². The Balaban J connectivity index is 2.31. The van der Waals surface area contributed by atoms with Gasteiger partial charge in [-0.3, -0.25) is 0 Å². The Labute approximate surface area is 147 Å². The van der Waals surface area contributed by atoms with Crippen LogP contribution in [0.25, 0.3) is 0 Å². The fraction of sp³-hybridized carbons (Fsp3) is 0.478. The quantitative estimate of drug-likeness (QED) is 0.713. The van der Waals surface area contributed by atoms with E-state index in [0.717, 1.165) is 30.4 Å². The molecule has 0 aliphatic heterocycles. The minimum atomic E-state index is -0.0469. The first-order chi connectivity index (χ1) is 11.1. The van der Waals surface area contributed by atoms with E-state index >= 15 is 0 Å². The molecule has 24 heavy (non-hydrogen) atoms. The van der Waals surface area contributed by atoms with Crippen LogP contribution in [-0.4, -0.2) is 5.11 Å². The first-order valence-electron chi connectivity index (χ1n) is 9.00. The van der Waals surface area contributed by atoms with E-state index in [4.69, 9.17) is 0 Å². The van der Waals surface area contributed by atoms with Crippen LogP contribution in [0.2, 0.25) is 0 Å². The lowest BCUT2D eigenvalue weighted by molar-refractivity contribution is 0.434. The van der Waals surface area contributed by atoms with Crippen LogP contribution in [0.3, 0.4) is 0 Å². The highest BCUT2D eigenvalue weighted by Gasteiger charge is 2.25. The number of benzene rings is 2. The molecule has 2 rings (SSSR count). The fourth-order valence-electron chi connectivity index (χ4n) is 3.31. The zero-order chi connectivity index (χ0) is 18.0. The number of aryl methyl sites for hydroxylation is 1. The second-order valence-electron chi connectivity index (χ2n) is 8.83. The van der Waals surface area contributed by atoms with E-state index in [2.05, 4.69) is 84.0 Å². The average Bonchev–Trinajstić information content (AvgIpc) is 2.47.